The highest BCUT2D eigenvalue weighted by Gasteiger charge is 2.17. The molecule has 3 rings (SSSR count). The van der Waals surface area contributed by atoms with Crippen LogP contribution in [0.2, 0.25) is 5.02 Å². The molecule has 1 aromatic heterocycles. The molecular weight excluding hydrogens is 378 g/mol. The second-order valence-corrected chi connectivity index (χ2v) is 8.04. The number of rotatable bonds is 6. The second-order valence-electron chi connectivity index (χ2n) is 6.44. The van der Waals surface area contributed by atoms with E-state index >= 15 is 0 Å². The number of aromatic nitrogens is 2. The minimum Gasteiger partial charge on any atom is -0.287 e. The van der Waals surface area contributed by atoms with Crippen molar-refractivity contribution >= 4 is 34.3 Å². The Morgan fingerprint density at radius 3 is 2.67 bits per heavy atom. The highest BCUT2D eigenvalue weighted by atomic mass is 35.5. The van der Waals surface area contributed by atoms with E-state index in [0.29, 0.717) is 34.0 Å². The van der Waals surface area contributed by atoms with Crippen molar-refractivity contribution in [3.05, 3.63) is 69.0 Å². The Morgan fingerprint density at radius 1 is 1.26 bits per heavy atom. The summed E-state index contributed by atoms with van der Waals surface area (Å²) >= 11 is 7.41. The van der Waals surface area contributed by atoms with Gasteiger partial charge in [-0.15, -0.1) is 0 Å². The molecule has 1 atom stereocenters. The molecule has 0 aliphatic carbocycles. The van der Waals surface area contributed by atoms with Crippen LogP contribution in [0.25, 0.3) is 10.9 Å². The van der Waals surface area contributed by atoms with Crippen LogP contribution < -0.4 is 5.56 Å². The number of benzene rings is 2. The Hall–Kier alpha value is -2.29. The Bertz CT molecular complexity index is 1050. The fraction of sp³-hybridized carbons (Fsp3) is 0.286. The Labute approximate surface area is 167 Å². The summed E-state index contributed by atoms with van der Waals surface area (Å²) in [5.74, 6) is 0. The van der Waals surface area contributed by atoms with Gasteiger partial charge in [-0.3, -0.25) is 9.36 Å². The lowest BCUT2D eigenvalue weighted by Gasteiger charge is -2.15. The van der Waals surface area contributed by atoms with Crippen molar-refractivity contribution < 1.29 is 0 Å². The number of nitriles is 1. The first-order chi connectivity index (χ1) is 13.0. The third-order valence-electron chi connectivity index (χ3n) is 4.26. The Balaban J connectivity index is 1.98. The highest BCUT2D eigenvalue weighted by molar-refractivity contribution is 8.00. The third-order valence-corrected chi connectivity index (χ3v) is 5.58. The zero-order chi connectivity index (χ0) is 19.4. The van der Waals surface area contributed by atoms with Gasteiger partial charge in [-0.05, 0) is 43.5 Å². The molecule has 0 spiro atoms. The Kier molecular flexibility index (Phi) is 6.20. The first-order valence-corrected chi connectivity index (χ1v) is 10.1. The van der Waals surface area contributed by atoms with Gasteiger partial charge in [0.25, 0.3) is 5.56 Å². The van der Waals surface area contributed by atoms with E-state index in [-0.39, 0.29) is 10.8 Å². The van der Waals surface area contributed by atoms with Gasteiger partial charge < -0.3 is 0 Å². The molecule has 138 valence electrons. The molecule has 0 fully saturated rings. The van der Waals surface area contributed by atoms with Gasteiger partial charge >= 0.3 is 0 Å². The number of fused-ring (bicyclic) bond motifs is 1. The van der Waals surface area contributed by atoms with Crippen LogP contribution in [0.5, 0.6) is 0 Å². The molecule has 2 aromatic carbocycles. The van der Waals surface area contributed by atoms with Gasteiger partial charge in [0.2, 0.25) is 0 Å². The van der Waals surface area contributed by atoms with Crippen LogP contribution in [0.15, 0.2) is 52.4 Å². The lowest BCUT2D eigenvalue weighted by molar-refractivity contribution is 0.584. The molecule has 0 saturated heterocycles. The summed E-state index contributed by atoms with van der Waals surface area (Å²) in [7, 11) is 0. The van der Waals surface area contributed by atoms with Gasteiger partial charge in [0.05, 0.1) is 17.0 Å². The molecule has 6 heteroatoms. The van der Waals surface area contributed by atoms with Crippen LogP contribution in [0.4, 0.5) is 0 Å². The van der Waals surface area contributed by atoms with E-state index in [9.17, 15) is 10.1 Å². The van der Waals surface area contributed by atoms with Crippen LogP contribution >= 0.6 is 23.4 Å². The normalized spacial score (nSPS) is 12.1. The van der Waals surface area contributed by atoms with Crippen molar-refractivity contribution in [3.63, 3.8) is 0 Å². The van der Waals surface area contributed by atoms with Crippen molar-refractivity contribution in [2.75, 3.05) is 0 Å². The average Bonchev–Trinajstić information content (AvgIpc) is 2.65. The van der Waals surface area contributed by atoms with Crippen molar-refractivity contribution in [1.29, 1.82) is 5.26 Å². The molecular formula is C21H20ClN3OS. The van der Waals surface area contributed by atoms with E-state index in [4.69, 9.17) is 11.6 Å². The zero-order valence-corrected chi connectivity index (χ0v) is 16.8. The number of hydrogen-bond donors (Lipinski definition) is 0. The Morgan fingerprint density at radius 2 is 2.00 bits per heavy atom. The van der Waals surface area contributed by atoms with Crippen LogP contribution in [0.3, 0.4) is 0 Å². The van der Waals surface area contributed by atoms with E-state index in [1.807, 2.05) is 38.1 Å². The van der Waals surface area contributed by atoms with Crippen LogP contribution in [0, 0.1) is 18.3 Å². The summed E-state index contributed by atoms with van der Waals surface area (Å²) in [5, 5.41) is 11.0. The maximum atomic E-state index is 12.9. The minimum atomic E-state index is -0.334. The molecule has 0 aliphatic rings. The molecule has 0 unspecified atom stereocenters. The van der Waals surface area contributed by atoms with E-state index in [1.165, 1.54) is 17.3 Å². The monoisotopic (exact) mass is 397 g/mol. The van der Waals surface area contributed by atoms with Crippen LogP contribution in [-0.4, -0.2) is 14.8 Å². The maximum absolute atomic E-state index is 12.9. The quantitative estimate of drug-likeness (QED) is 0.434. The smallest absolute Gasteiger partial charge is 0.262 e. The number of nitrogens with zero attached hydrogens (tertiary/aromatic N) is 3. The fourth-order valence-electron chi connectivity index (χ4n) is 2.86. The van der Waals surface area contributed by atoms with E-state index < -0.39 is 0 Å². The van der Waals surface area contributed by atoms with Gasteiger partial charge in [-0.1, -0.05) is 60.1 Å². The van der Waals surface area contributed by atoms with Gasteiger partial charge in [-0.25, -0.2) is 4.98 Å². The summed E-state index contributed by atoms with van der Waals surface area (Å²) in [6.45, 7) is 4.62. The number of thioether (sulfide) groups is 1. The summed E-state index contributed by atoms with van der Waals surface area (Å²) in [6, 6.07) is 15.6. The number of hydrogen-bond acceptors (Lipinski definition) is 4. The van der Waals surface area contributed by atoms with Gasteiger partial charge in [-0.2, -0.15) is 5.26 Å². The molecule has 0 bridgehead atoms. The molecule has 3 aromatic rings. The lowest BCUT2D eigenvalue weighted by Crippen LogP contribution is -2.24. The lowest BCUT2D eigenvalue weighted by atomic mass is 10.1. The van der Waals surface area contributed by atoms with Crippen molar-refractivity contribution in [2.24, 2.45) is 0 Å². The summed E-state index contributed by atoms with van der Waals surface area (Å²) in [6.07, 6.45) is 1.40. The fourth-order valence-corrected chi connectivity index (χ4v) is 4.07. The van der Waals surface area contributed by atoms with Crippen molar-refractivity contribution in [2.45, 2.75) is 43.6 Å². The highest BCUT2D eigenvalue weighted by Crippen LogP contribution is 2.26. The molecule has 0 aliphatic heterocycles. The van der Waals surface area contributed by atoms with Crippen molar-refractivity contribution in [3.8, 4) is 6.07 Å². The summed E-state index contributed by atoms with van der Waals surface area (Å²) < 4.78 is 1.67. The maximum Gasteiger partial charge on any atom is 0.262 e. The zero-order valence-electron chi connectivity index (χ0n) is 15.3. The molecule has 0 amide bonds. The van der Waals surface area contributed by atoms with Gasteiger partial charge in [0, 0.05) is 11.6 Å². The largest absolute Gasteiger partial charge is 0.287 e. The van der Waals surface area contributed by atoms with Gasteiger partial charge in [0.15, 0.2) is 5.16 Å². The first-order valence-electron chi connectivity index (χ1n) is 8.83. The predicted octanol–water partition coefficient (Wildman–Crippen LogP) is 5.00. The number of halogens is 1. The van der Waals surface area contributed by atoms with Crippen molar-refractivity contribution in [1.82, 2.24) is 9.55 Å². The van der Waals surface area contributed by atoms with Gasteiger partial charge in [0.1, 0.15) is 5.25 Å². The number of aryl methyl sites for hydroxylation is 1. The third kappa shape index (κ3) is 4.52. The van der Waals surface area contributed by atoms with Crippen LogP contribution in [-0.2, 0) is 13.0 Å². The van der Waals surface area contributed by atoms with Crippen LogP contribution in [0.1, 0.15) is 24.5 Å². The second kappa shape index (κ2) is 8.60. The minimum absolute atomic E-state index is 0.0898. The molecule has 0 saturated carbocycles. The molecule has 27 heavy (non-hydrogen) atoms. The van der Waals surface area contributed by atoms with E-state index in [2.05, 4.69) is 11.1 Å². The molecule has 4 nitrogen and oxygen atoms in total. The summed E-state index contributed by atoms with van der Waals surface area (Å²) in [4.78, 5) is 17.5. The SMILES string of the molecule is CCCn1c(S[C@H](C#N)Cc2ccc(C)cc2)nc2cc(Cl)ccc2c1=O. The molecule has 0 N–H and O–H groups in total. The average molecular weight is 398 g/mol. The molecule has 0 radical (unpaired) electrons. The standard InChI is InChI=1S/C21H20ClN3OS/c1-3-10-25-20(26)18-9-8-16(22)12-19(18)24-21(25)27-17(13-23)11-15-6-4-14(2)5-7-15/h4-9,12,17H,3,10-11H2,1-2H3/t17-/m0/s1. The van der Waals surface area contributed by atoms with E-state index in [0.717, 1.165) is 12.0 Å². The molecule has 1 heterocycles. The van der Waals surface area contributed by atoms with E-state index in [1.54, 1.807) is 22.8 Å². The predicted molar refractivity (Wildman–Crippen MR) is 111 cm³/mol. The first kappa shape index (κ1) is 19.5. The topological polar surface area (TPSA) is 58.7 Å². The summed E-state index contributed by atoms with van der Waals surface area (Å²) in [5.41, 5.74) is 2.75.